The maximum absolute atomic E-state index is 13.4. The Bertz CT molecular complexity index is 1310. The number of benzene rings is 3. The van der Waals surface area contributed by atoms with Crippen LogP contribution in [0.2, 0.25) is 5.02 Å². The Morgan fingerprint density at radius 1 is 1.06 bits per heavy atom. The Morgan fingerprint density at radius 2 is 1.76 bits per heavy atom. The number of halogens is 1. The normalized spacial score (nSPS) is 13.7. The fourth-order valence-electron chi connectivity index (χ4n) is 3.81. The molecule has 0 aliphatic carbocycles. The Balaban J connectivity index is 1.56. The molecule has 0 atom stereocenters. The van der Waals surface area contributed by atoms with Gasteiger partial charge in [0.1, 0.15) is 6.54 Å². The zero-order valence-corrected chi connectivity index (χ0v) is 20.1. The molecule has 0 unspecified atom stereocenters. The van der Waals surface area contributed by atoms with Crippen molar-refractivity contribution in [2.45, 2.75) is 24.7 Å². The molecule has 4 rings (SSSR count). The molecule has 1 aliphatic rings. The van der Waals surface area contributed by atoms with Gasteiger partial charge in [-0.25, -0.2) is 8.42 Å². The third-order valence-electron chi connectivity index (χ3n) is 5.51. The summed E-state index contributed by atoms with van der Waals surface area (Å²) in [5, 5.41) is 3.16. The second kappa shape index (κ2) is 9.87. The van der Waals surface area contributed by atoms with Crippen LogP contribution in [0.3, 0.4) is 0 Å². The van der Waals surface area contributed by atoms with E-state index in [0.717, 1.165) is 22.0 Å². The first-order valence-corrected chi connectivity index (χ1v) is 12.6. The van der Waals surface area contributed by atoms with E-state index in [1.807, 2.05) is 13.0 Å². The Hall–Kier alpha value is -3.36. The van der Waals surface area contributed by atoms with Crippen molar-refractivity contribution >= 4 is 50.5 Å². The highest BCUT2D eigenvalue weighted by Gasteiger charge is 2.27. The predicted octanol–water partition coefficient (Wildman–Crippen LogP) is 4.61. The van der Waals surface area contributed by atoms with Gasteiger partial charge in [-0.3, -0.25) is 13.9 Å². The fraction of sp³-hybridized carbons (Fsp3) is 0.200. The summed E-state index contributed by atoms with van der Waals surface area (Å²) in [7, 11) is -4.03. The van der Waals surface area contributed by atoms with Crippen LogP contribution in [-0.4, -0.2) is 33.3 Å². The number of aryl methyl sites for hydroxylation is 1. The van der Waals surface area contributed by atoms with Gasteiger partial charge in [-0.1, -0.05) is 23.7 Å². The second-order valence-corrected chi connectivity index (χ2v) is 10.3. The molecule has 1 aliphatic heterocycles. The number of carbonyl (C=O) groups is 2. The molecular weight excluding hydrogens is 474 g/mol. The van der Waals surface area contributed by atoms with Crippen molar-refractivity contribution in [3.05, 3.63) is 83.4 Å². The average Bonchev–Trinajstić information content (AvgIpc) is 3.24. The lowest BCUT2D eigenvalue weighted by molar-refractivity contribution is -0.117. The first-order chi connectivity index (χ1) is 16.2. The highest BCUT2D eigenvalue weighted by molar-refractivity contribution is 7.92. The molecule has 0 aromatic heterocycles. The molecule has 1 heterocycles. The van der Waals surface area contributed by atoms with Gasteiger partial charge in [0.05, 0.1) is 10.6 Å². The van der Waals surface area contributed by atoms with Crippen molar-refractivity contribution in [2.75, 3.05) is 27.6 Å². The summed E-state index contributed by atoms with van der Waals surface area (Å²) in [5.41, 5.74) is 2.52. The number of nitrogens with one attached hydrogen (secondary N) is 1. The minimum atomic E-state index is -4.03. The minimum absolute atomic E-state index is 0.0332. The lowest BCUT2D eigenvalue weighted by Crippen LogP contribution is -2.38. The quantitative estimate of drug-likeness (QED) is 0.516. The number of carbonyl (C=O) groups excluding carboxylic acids is 2. The molecule has 34 heavy (non-hydrogen) atoms. The van der Waals surface area contributed by atoms with Gasteiger partial charge in [0.15, 0.2) is 0 Å². The maximum Gasteiger partial charge on any atom is 0.264 e. The number of nitrogens with zero attached hydrogens (tertiary/aromatic N) is 2. The summed E-state index contributed by atoms with van der Waals surface area (Å²) >= 11 is 5.92. The maximum atomic E-state index is 13.4. The topological polar surface area (TPSA) is 86.8 Å². The van der Waals surface area contributed by atoms with Crippen LogP contribution in [0.5, 0.6) is 0 Å². The molecule has 2 amide bonds. The van der Waals surface area contributed by atoms with Crippen LogP contribution in [0, 0.1) is 6.92 Å². The third kappa shape index (κ3) is 5.24. The van der Waals surface area contributed by atoms with E-state index in [1.165, 1.54) is 24.3 Å². The lowest BCUT2D eigenvalue weighted by Gasteiger charge is -2.24. The van der Waals surface area contributed by atoms with E-state index in [1.54, 1.807) is 47.4 Å². The molecule has 1 fully saturated rings. The Labute approximate surface area is 204 Å². The summed E-state index contributed by atoms with van der Waals surface area (Å²) in [4.78, 5) is 26.6. The molecule has 3 aromatic rings. The van der Waals surface area contributed by atoms with Gasteiger partial charge in [0.2, 0.25) is 11.8 Å². The van der Waals surface area contributed by atoms with E-state index >= 15 is 0 Å². The van der Waals surface area contributed by atoms with E-state index in [4.69, 9.17) is 11.6 Å². The molecule has 176 valence electrons. The Kier molecular flexibility index (Phi) is 6.90. The molecule has 0 spiro atoms. The number of hydrogen-bond donors (Lipinski definition) is 1. The minimum Gasteiger partial charge on any atom is -0.325 e. The van der Waals surface area contributed by atoms with Crippen LogP contribution < -0.4 is 14.5 Å². The van der Waals surface area contributed by atoms with E-state index in [-0.39, 0.29) is 10.8 Å². The number of rotatable bonds is 7. The summed E-state index contributed by atoms with van der Waals surface area (Å²) in [6, 6.07) is 19.7. The Morgan fingerprint density at radius 3 is 2.38 bits per heavy atom. The predicted molar refractivity (Wildman–Crippen MR) is 134 cm³/mol. The van der Waals surface area contributed by atoms with Gasteiger partial charge in [-0.05, 0) is 79.6 Å². The summed E-state index contributed by atoms with van der Waals surface area (Å²) < 4.78 is 27.9. The average molecular weight is 498 g/mol. The van der Waals surface area contributed by atoms with Crippen molar-refractivity contribution in [1.82, 2.24) is 0 Å². The summed E-state index contributed by atoms with van der Waals surface area (Å²) in [5.74, 6) is -0.415. The van der Waals surface area contributed by atoms with Gasteiger partial charge >= 0.3 is 0 Å². The first-order valence-electron chi connectivity index (χ1n) is 10.8. The molecular formula is C25H24ClN3O4S. The summed E-state index contributed by atoms with van der Waals surface area (Å²) in [6.07, 6.45) is 1.36. The summed E-state index contributed by atoms with van der Waals surface area (Å²) in [6.45, 7) is 2.11. The van der Waals surface area contributed by atoms with Crippen molar-refractivity contribution in [3.63, 3.8) is 0 Å². The number of amides is 2. The van der Waals surface area contributed by atoms with E-state index in [0.29, 0.717) is 29.4 Å². The van der Waals surface area contributed by atoms with Crippen LogP contribution in [0.15, 0.2) is 77.7 Å². The number of hydrogen-bond acceptors (Lipinski definition) is 4. The molecule has 3 aromatic carbocycles. The molecule has 0 bridgehead atoms. The van der Waals surface area contributed by atoms with E-state index in [2.05, 4.69) is 5.32 Å². The van der Waals surface area contributed by atoms with Crippen molar-refractivity contribution < 1.29 is 18.0 Å². The van der Waals surface area contributed by atoms with Crippen LogP contribution in [0.1, 0.15) is 18.4 Å². The number of sulfonamides is 1. The van der Waals surface area contributed by atoms with E-state index < -0.39 is 22.5 Å². The zero-order chi connectivity index (χ0) is 24.3. The molecule has 0 radical (unpaired) electrons. The largest absolute Gasteiger partial charge is 0.325 e. The van der Waals surface area contributed by atoms with Crippen molar-refractivity contribution in [1.29, 1.82) is 0 Å². The third-order valence-corrected chi connectivity index (χ3v) is 7.55. The zero-order valence-electron chi connectivity index (χ0n) is 18.6. The SMILES string of the molecule is Cc1cccc(N(CC(=O)Nc2ccc(N3CCCC3=O)cc2)S(=O)(=O)c2ccc(Cl)cc2)c1. The standard InChI is InChI=1S/C25H24ClN3O4S/c1-18-4-2-5-22(16-18)29(34(32,33)23-13-7-19(26)8-14-23)17-24(30)27-20-9-11-21(12-10-20)28-15-3-6-25(28)31/h2,4-5,7-14,16H,3,6,15,17H2,1H3,(H,27,30). The van der Waals surface area contributed by atoms with Gasteiger partial charge < -0.3 is 10.2 Å². The van der Waals surface area contributed by atoms with Crippen molar-refractivity contribution in [2.24, 2.45) is 0 Å². The first kappa shape index (κ1) is 23.8. The van der Waals surface area contributed by atoms with Gasteiger partial charge in [-0.2, -0.15) is 0 Å². The van der Waals surface area contributed by atoms with Crippen molar-refractivity contribution in [3.8, 4) is 0 Å². The second-order valence-electron chi connectivity index (χ2n) is 8.05. The monoisotopic (exact) mass is 497 g/mol. The fourth-order valence-corrected chi connectivity index (χ4v) is 5.35. The lowest BCUT2D eigenvalue weighted by atomic mass is 10.2. The van der Waals surface area contributed by atoms with Crippen LogP contribution in [-0.2, 0) is 19.6 Å². The molecule has 1 saturated heterocycles. The molecule has 7 nitrogen and oxygen atoms in total. The van der Waals surface area contributed by atoms with Gasteiger partial charge in [0, 0.05) is 29.4 Å². The smallest absolute Gasteiger partial charge is 0.264 e. The van der Waals surface area contributed by atoms with Crippen LogP contribution >= 0.6 is 11.6 Å². The molecule has 9 heteroatoms. The number of anilines is 3. The molecule has 1 N–H and O–H groups in total. The van der Waals surface area contributed by atoms with Crippen LogP contribution in [0.4, 0.5) is 17.1 Å². The van der Waals surface area contributed by atoms with Gasteiger partial charge in [0.25, 0.3) is 10.0 Å². The van der Waals surface area contributed by atoms with Gasteiger partial charge in [-0.15, -0.1) is 0 Å². The van der Waals surface area contributed by atoms with Crippen LogP contribution in [0.25, 0.3) is 0 Å². The van der Waals surface area contributed by atoms with E-state index in [9.17, 15) is 18.0 Å². The molecule has 0 saturated carbocycles. The highest BCUT2D eigenvalue weighted by atomic mass is 35.5. The highest BCUT2D eigenvalue weighted by Crippen LogP contribution is 2.26.